The van der Waals surface area contributed by atoms with Crippen LogP contribution in [0.1, 0.15) is 26.8 Å². The van der Waals surface area contributed by atoms with Crippen LogP contribution in [0.3, 0.4) is 0 Å². The van der Waals surface area contributed by atoms with Crippen molar-refractivity contribution < 1.29 is 4.79 Å². The zero-order chi connectivity index (χ0) is 16.7. The molecule has 1 N–H and O–H groups in total. The number of aryl methyl sites for hydroxylation is 1. The van der Waals surface area contributed by atoms with Gasteiger partial charge in [0.25, 0.3) is 5.91 Å². The first-order chi connectivity index (χ1) is 11.6. The molecular formula is C17H15ClN4OS. The number of rotatable bonds is 2. The van der Waals surface area contributed by atoms with E-state index in [-0.39, 0.29) is 5.91 Å². The van der Waals surface area contributed by atoms with E-state index in [1.165, 1.54) is 11.3 Å². The number of hydrogen-bond acceptors (Lipinski definition) is 4. The Morgan fingerprint density at radius 1 is 1.33 bits per heavy atom. The van der Waals surface area contributed by atoms with Gasteiger partial charge in [-0.25, -0.2) is 9.97 Å². The fraction of sp³-hybridized carbons (Fsp3) is 0.235. The van der Waals surface area contributed by atoms with E-state index in [9.17, 15) is 4.79 Å². The van der Waals surface area contributed by atoms with E-state index in [0.29, 0.717) is 23.0 Å². The summed E-state index contributed by atoms with van der Waals surface area (Å²) >= 11 is 7.37. The van der Waals surface area contributed by atoms with Gasteiger partial charge in [-0.05, 0) is 19.1 Å². The largest absolute Gasteiger partial charge is 0.347 e. The van der Waals surface area contributed by atoms with E-state index >= 15 is 0 Å². The van der Waals surface area contributed by atoms with Crippen LogP contribution in [0.15, 0.2) is 30.6 Å². The van der Waals surface area contributed by atoms with Crippen molar-refractivity contribution in [1.29, 1.82) is 0 Å². The smallest absolute Gasteiger partial charge is 0.266 e. The molecule has 0 spiro atoms. The maximum Gasteiger partial charge on any atom is 0.266 e. The first-order valence-electron chi connectivity index (χ1n) is 7.65. The highest BCUT2D eigenvalue weighted by atomic mass is 35.5. The minimum atomic E-state index is 0.0328. The number of H-pyrrole nitrogens is 1. The van der Waals surface area contributed by atoms with Crippen LogP contribution in [0.25, 0.3) is 10.6 Å². The van der Waals surface area contributed by atoms with Crippen LogP contribution < -0.4 is 0 Å². The summed E-state index contributed by atoms with van der Waals surface area (Å²) in [5.41, 5.74) is 3.82. The van der Waals surface area contributed by atoms with E-state index in [0.717, 1.165) is 34.1 Å². The third kappa shape index (κ3) is 2.72. The number of hydrogen-bond donors (Lipinski definition) is 1. The molecule has 1 amide bonds. The molecule has 7 heteroatoms. The molecule has 3 heterocycles. The van der Waals surface area contributed by atoms with Gasteiger partial charge in [0.15, 0.2) is 0 Å². The SMILES string of the molecule is Cc1nc(-c2ccc(Cl)cc2)sc1C(=O)N1CCc2nc[nH]c2C1. The minimum absolute atomic E-state index is 0.0328. The quantitative estimate of drug-likeness (QED) is 0.759. The normalized spacial score (nSPS) is 13.8. The standard InChI is InChI=1S/C17H15ClN4OS/c1-10-15(24-16(21-10)11-2-4-12(18)5-3-11)17(23)22-7-6-13-14(8-22)20-9-19-13/h2-5,9H,6-8H2,1H3,(H,19,20). The number of amides is 1. The summed E-state index contributed by atoms with van der Waals surface area (Å²) in [6.45, 7) is 3.14. The number of carbonyl (C=O) groups is 1. The Morgan fingerprint density at radius 2 is 2.12 bits per heavy atom. The number of thiazole rings is 1. The molecule has 24 heavy (non-hydrogen) atoms. The monoisotopic (exact) mass is 358 g/mol. The number of carbonyl (C=O) groups excluding carboxylic acids is 1. The van der Waals surface area contributed by atoms with Crippen LogP contribution in [0.4, 0.5) is 0 Å². The average molecular weight is 359 g/mol. The Balaban J connectivity index is 1.60. The Labute approximate surface area is 148 Å². The highest BCUT2D eigenvalue weighted by molar-refractivity contribution is 7.17. The summed E-state index contributed by atoms with van der Waals surface area (Å²) in [6, 6.07) is 7.51. The molecule has 1 aliphatic heterocycles. The second kappa shape index (κ2) is 6.03. The Kier molecular flexibility index (Phi) is 3.86. The zero-order valence-corrected chi connectivity index (χ0v) is 14.6. The molecule has 0 unspecified atom stereocenters. The Hall–Kier alpha value is -2.18. The van der Waals surface area contributed by atoms with Gasteiger partial charge in [0.1, 0.15) is 9.88 Å². The van der Waals surface area contributed by atoms with E-state index in [2.05, 4.69) is 15.0 Å². The summed E-state index contributed by atoms with van der Waals surface area (Å²) in [5, 5.41) is 1.53. The minimum Gasteiger partial charge on any atom is -0.347 e. The van der Waals surface area contributed by atoms with Gasteiger partial charge in [0.2, 0.25) is 0 Å². The maximum atomic E-state index is 12.9. The van der Waals surface area contributed by atoms with E-state index in [1.807, 2.05) is 36.1 Å². The average Bonchev–Trinajstić information content (AvgIpc) is 3.20. The molecule has 0 bridgehead atoms. The first kappa shape index (κ1) is 15.4. The number of halogens is 1. The molecule has 1 aromatic carbocycles. The Morgan fingerprint density at radius 3 is 2.92 bits per heavy atom. The number of fused-ring (bicyclic) bond motifs is 1. The second-order valence-electron chi connectivity index (χ2n) is 5.74. The van der Waals surface area contributed by atoms with Gasteiger partial charge >= 0.3 is 0 Å². The van der Waals surface area contributed by atoms with Crippen molar-refractivity contribution in [1.82, 2.24) is 19.9 Å². The molecule has 3 aromatic rings. The van der Waals surface area contributed by atoms with E-state index in [4.69, 9.17) is 11.6 Å². The summed E-state index contributed by atoms with van der Waals surface area (Å²) in [7, 11) is 0. The van der Waals surface area contributed by atoms with Crippen molar-refractivity contribution in [2.24, 2.45) is 0 Å². The molecule has 2 aromatic heterocycles. The molecule has 1 aliphatic rings. The molecular weight excluding hydrogens is 344 g/mol. The maximum absolute atomic E-state index is 12.9. The lowest BCUT2D eigenvalue weighted by molar-refractivity contribution is 0.0736. The van der Waals surface area contributed by atoms with Gasteiger partial charge in [-0.15, -0.1) is 11.3 Å². The molecule has 0 fully saturated rings. The number of benzene rings is 1. The third-order valence-electron chi connectivity index (χ3n) is 4.14. The van der Waals surface area contributed by atoms with Gasteiger partial charge < -0.3 is 9.88 Å². The molecule has 0 saturated carbocycles. The molecule has 0 aliphatic carbocycles. The summed E-state index contributed by atoms with van der Waals surface area (Å²) in [4.78, 5) is 27.4. The summed E-state index contributed by atoms with van der Waals surface area (Å²) in [5.74, 6) is 0.0328. The number of nitrogens with zero attached hydrogens (tertiary/aromatic N) is 3. The van der Waals surface area contributed by atoms with E-state index in [1.54, 1.807) is 6.33 Å². The molecule has 0 atom stereocenters. The van der Waals surface area contributed by atoms with Crippen LogP contribution in [-0.2, 0) is 13.0 Å². The van der Waals surface area contributed by atoms with Crippen molar-refractivity contribution in [2.45, 2.75) is 19.9 Å². The molecule has 5 nitrogen and oxygen atoms in total. The predicted molar refractivity (Wildman–Crippen MR) is 94.3 cm³/mol. The topological polar surface area (TPSA) is 61.9 Å². The zero-order valence-electron chi connectivity index (χ0n) is 13.0. The summed E-state index contributed by atoms with van der Waals surface area (Å²) in [6.07, 6.45) is 2.47. The first-order valence-corrected chi connectivity index (χ1v) is 8.85. The van der Waals surface area contributed by atoms with Crippen molar-refractivity contribution in [2.75, 3.05) is 6.54 Å². The van der Waals surface area contributed by atoms with Crippen LogP contribution in [0, 0.1) is 6.92 Å². The lowest BCUT2D eigenvalue weighted by Crippen LogP contribution is -2.35. The van der Waals surface area contributed by atoms with Crippen molar-refractivity contribution in [3.05, 3.63) is 57.6 Å². The van der Waals surface area contributed by atoms with Crippen LogP contribution in [-0.4, -0.2) is 32.3 Å². The summed E-state index contributed by atoms with van der Waals surface area (Å²) < 4.78 is 0. The molecule has 0 saturated heterocycles. The number of imidazole rings is 1. The highest BCUT2D eigenvalue weighted by Crippen LogP contribution is 2.30. The fourth-order valence-electron chi connectivity index (χ4n) is 2.84. The lowest BCUT2D eigenvalue weighted by atomic mass is 10.1. The highest BCUT2D eigenvalue weighted by Gasteiger charge is 2.26. The third-order valence-corrected chi connectivity index (χ3v) is 5.59. The fourth-order valence-corrected chi connectivity index (χ4v) is 4.01. The number of aromatic amines is 1. The lowest BCUT2D eigenvalue weighted by Gasteiger charge is -2.25. The van der Waals surface area contributed by atoms with Crippen molar-refractivity contribution in [3.63, 3.8) is 0 Å². The predicted octanol–water partition coefficient (Wildman–Crippen LogP) is 3.69. The van der Waals surface area contributed by atoms with Crippen LogP contribution in [0.2, 0.25) is 5.02 Å². The van der Waals surface area contributed by atoms with Crippen LogP contribution in [0.5, 0.6) is 0 Å². The number of aromatic nitrogens is 3. The van der Waals surface area contributed by atoms with Gasteiger partial charge in [-0.3, -0.25) is 4.79 Å². The van der Waals surface area contributed by atoms with Gasteiger partial charge in [-0.2, -0.15) is 0 Å². The molecule has 0 radical (unpaired) electrons. The van der Waals surface area contributed by atoms with Gasteiger partial charge in [0, 0.05) is 23.6 Å². The van der Waals surface area contributed by atoms with Gasteiger partial charge in [0.05, 0.1) is 30.0 Å². The number of nitrogens with one attached hydrogen (secondary N) is 1. The van der Waals surface area contributed by atoms with E-state index < -0.39 is 0 Å². The molecule has 4 rings (SSSR count). The van der Waals surface area contributed by atoms with Crippen molar-refractivity contribution in [3.8, 4) is 10.6 Å². The molecule has 122 valence electrons. The second-order valence-corrected chi connectivity index (χ2v) is 7.18. The van der Waals surface area contributed by atoms with Crippen LogP contribution >= 0.6 is 22.9 Å². The van der Waals surface area contributed by atoms with Crippen molar-refractivity contribution >= 4 is 28.8 Å². The Bertz CT molecular complexity index is 900. The van der Waals surface area contributed by atoms with Gasteiger partial charge in [-0.1, -0.05) is 23.7 Å².